The molecule has 4 nitrogen and oxygen atoms in total. The molecule has 0 aromatic carbocycles. The molecule has 156 valence electrons. The van der Waals surface area contributed by atoms with E-state index in [4.69, 9.17) is 9.47 Å². The Hall–Kier alpha value is -0.900. The van der Waals surface area contributed by atoms with Crippen LogP contribution < -0.4 is 0 Å². The summed E-state index contributed by atoms with van der Waals surface area (Å²) in [5.41, 5.74) is 0.299. The number of esters is 1. The second-order valence-electron chi connectivity index (χ2n) is 11.3. The molecule has 28 heavy (non-hydrogen) atoms. The number of rotatable bonds is 2. The molecule has 1 spiro atoms. The summed E-state index contributed by atoms with van der Waals surface area (Å²) >= 11 is 0. The lowest BCUT2D eigenvalue weighted by Gasteiger charge is -2.59. The molecule has 0 aromatic heterocycles. The lowest BCUT2D eigenvalue weighted by Crippen LogP contribution is -2.59. The van der Waals surface area contributed by atoms with Gasteiger partial charge in [0.2, 0.25) is 0 Å². The number of ketones is 1. The molecule has 10 atom stereocenters. The summed E-state index contributed by atoms with van der Waals surface area (Å²) in [4.78, 5) is 24.0. The quantitative estimate of drug-likeness (QED) is 0.515. The molecule has 1 heterocycles. The Morgan fingerprint density at radius 1 is 1.04 bits per heavy atom. The maximum Gasteiger partial charge on any atom is 0.302 e. The van der Waals surface area contributed by atoms with Crippen molar-refractivity contribution in [2.24, 2.45) is 40.4 Å². The average molecular weight is 389 g/mol. The van der Waals surface area contributed by atoms with Crippen molar-refractivity contribution in [2.45, 2.75) is 97.4 Å². The smallest absolute Gasteiger partial charge is 0.302 e. The van der Waals surface area contributed by atoms with E-state index in [9.17, 15) is 9.59 Å². The lowest BCUT2D eigenvalue weighted by atomic mass is 9.44. The van der Waals surface area contributed by atoms with Crippen LogP contribution in [0.4, 0.5) is 0 Å². The van der Waals surface area contributed by atoms with Crippen LogP contribution in [0, 0.1) is 40.4 Å². The van der Waals surface area contributed by atoms with Crippen molar-refractivity contribution in [3.05, 3.63) is 0 Å². The van der Waals surface area contributed by atoms with Gasteiger partial charge in [0, 0.05) is 24.7 Å². The van der Waals surface area contributed by atoms with Gasteiger partial charge in [0.1, 0.15) is 17.5 Å². The summed E-state index contributed by atoms with van der Waals surface area (Å²) in [7, 11) is 0. The van der Waals surface area contributed by atoms with Crippen LogP contribution in [0.5, 0.6) is 0 Å². The molecule has 1 aliphatic heterocycles. The molecule has 0 unspecified atom stereocenters. The first-order chi connectivity index (χ1) is 13.1. The maximum absolute atomic E-state index is 12.5. The van der Waals surface area contributed by atoms with E-state index in [2.05, 4.69) is 20.8 Å². The second-order valence-corrected chi connectivity index (χ2v) is 11.3. The van der Waals surface area contributed by atoms with E-state index in [1.807, 2.05) is 6.92 Å². The number of Topliss-reactive ketones (excluding diaryl/α,β-unsaturated/α-hetero) is 1. The molecular weight excluding hydrogens is 352 g/mol. The van der Waals surface area contributed by atoms with Crippen molar-refractivity contribution >= 4 is 11.8 Å². The highest BCUT2D eigenvalue weighted by Crippen LogP contribution is 2.74. The predicted octanol–water partition coefficient (Wildman–Crippen LogP) is 4.54. The number of ether oxygens (including phenoxy) is 2. The van der Waals surface area contributed by atoms with E-state index in [0.717, 1.165) is 25.7 Å². The van der Waals surface area contributed by atoms with E-state index in [-0.39, 0.29) is 34.4 Å². The zero-order valence-corrected chi connectivity index (χ0v) is 18.1. The fourth-order valence-corrected chi connectivity index (χ4v) is 9.20. The van der Waals surface area contributed by atoms with Gasteiger partial charge >= 0.3 is 5.97 Å². The van der Waals surface area contributed by atoms with E-state index in [1.165, 1.54) is 26.2 Å². The van der Waals surface area contributed by atoms with Crippen molar-refractivity contribution in [3.63, 3.8) is 0 Å². The molecular formula is C24H36O4. The van der Waals surface area contributed by atoms with Gasteiger partial charge in [0.15, 0.2) is 0 Å². The maximum atomic E-state index is 12.5. The van der Waals surface area contributed by atoms with E-state index in [1.54, 1.807) is 0 Å². The topological polar surface area (TPSA) is 55.9 Å². The van der Waals surface area contributed by atoms with Gasteiger partial charge in [0.25, 0.3) is 0 Å². The summed E-state index contributed by atoms with van der Waals surface area (Å²) in [5, 5.41) is 0. The minimum absolute atomic E-state index is 0.0228. The van der Waals surface area contributed by atoms with Gasteiger partial charge in [-0.15, -0.1) is 0 Å². The highest BCUT2D eigenvalue weighted by molar-refractivity contribution is 5.80. The zero-order chi connectivity index (χ0) is 20.1. The highest BCUT2D eigenvalue weighted by atomic mass is 16.6. The SMILES string of the molecule is CC(=O)O[C@H]1CC[C@]2(C)[C@H]3CC[C@@]4(C)[C@@H](C[C@@H](C)[C@@H]4C(C)=O)[C@@H]3C[C@@H]3O[C@@]32C1. The normalized spacial score (nSPS) is 56.7. The molecule has 4 saturated carbocycles. The predicted molar refractivity (Wildman–Crippen MR) is 105 cm³/mol. The molecule has 0 radical (unpaired) electrons. The van der Waals surface area contributed by atoms with Gasteiger partial charge < -0.3 is 9.47 Å². The number of fused-ring (bicyclic) bond motifs is 4. The van der Waals surface area contributed by atoms with Gasteiger partial charge in [-0.2, -0.15) is 0 Å². The molecule has 1 saturated heterocycles. The summed E-state index contributed by atoms with van der Waals surface area (Å²) < 4.78 is 12.1. The Morgan fingerprint density at radius 2 is 1.79 bits per heavy atom. The van der Waals surface area contributed by atoms with Crippen LogP contribution in [-0.4, -0.2) is 29.6 Å². The van der Waals surface area contributed by atoms with Gasteiger partial charge in [-0.1, -0.05) is 20.8 Å². The Bertz CT molecular complexity index is 717. The van der Waals surface area contributed by atoms with E-state index < -0.39 is 0 Å². The standard InChI is InChI=1S/C24H36O4/c1-13-10-19-17-11-20-24(28-20)12-16(27-15(3)26)6-9-23(24,5)18(17)7-8-22(19,4)21(13)14(2)25/h13,16-21H,6-12H2,1-5H3/t13-,16+,17-,18+,19+,20+,21-,22+,23-,24+/m1/s1. The molecule has 0 bridgehead atoms. The van der Waals surface area contributed by atoms with Crippen molar-refractivity contribution < 1.29 is 19.1 Å². The molecule has 0 N–H and O–H groups in total. The number of carbonyl (C=O) groups excluding carboxylic acids is 2. The largest absolute Gasteiger partial charge is 0.462 e. The monoisotopic (exact) mass is 388 g/mol. The van der Waals surface area contributed by atoms with E-state index in [0.29, 0.717) is 35.6 Å². The second kappa shape index (κ2) is 5.83. The number of carbonyl (C=O) groups is 2. The Labute approximate surface area is 169 Å². The first kappa shape index (κ1) is 19.1. The van der Waals surface area contributed by atoms with Gasteiger partial charge in [0.05, 0.1) is 6.10 Å². The van der Waals surface area contributed by atoms with Gasteiger partial charge in [-0.25, -0.2) is 0 Å². The Kier molecular flexibility index (Phi) is 3.98. The van der Waals surface area contributed by atoms with Crippen molar-refractivity contribution in [3.8, 4) is 0 Å². The minimum Gasteiger partial charge on any atom is -0.462 e. The summed E-state index contributed by atoms with van der Waals surface area (Å²) in [6.45, 7) is 10.5. The molecule has 5 rings (SSSR count). The van der Waals surface area contributed by atoms with Crippen LogP contribution in [0.3, 0.4) is 0 Å². The van der Waals surface area contributed by atoms with Gasteiger partial charge in [-0.05, 0) is 74.5 Å². The van der Waals surface area contributed by atoms with Crippen LogP contribution in [0.1, 0.15) is 79.6 Å². The molecule has 4 aliphatic carbocycles. The van der Waals surface area contributed by atoms with Crippen LogP contribution >= 0.6 is 0 Å². The number of hydrogen-bond donors (Lipinski definition) is 0. The molecule has 0 amide bonds. The molecule has 5 aliphatic rings. The van der Waals surface area contributed by atoms with Crippen molar-refractivity contribution in [1.82, 2.24) is 0 Å². The Balaban J connectivity index is 1.44. The van der Waals surface area contributed by atoms with Crippen LogP contribution in [0.15, 0.2) is 0 Å². The van der Waals surface area contributed by atoms with Crippen molar-refractivity contribution in [2.75, 3.05) is 0 Å². The first-order valence-corrected chi connectivity index (χ1v) is 11.5. The highest BCUT2D eigenvalue weighted by Gasteiger charge is 2.76. The molecule has 5 fully saturated rings. The third-order valence-electron chi connectivity index (χ3n) is 10.2. The molecule has 0 aromatic rings. The van der Waals surface area contributed by atoms with E-state index >= 15 is 0 Å². The third-order valence-corrected chi connectivity index (χ3v) is 10.2. The fourth-order valence-electron chi connectivity index (χ4n) is 9.20. The Morgan fingerprint density at radius 3 is 2.46 bits per heavy atom. The van der Waals surface area contributed by atoms with Gasteiger partial charge in [-0.3, -0.25) is 9.59 Å². The average Bonchev–Trinajstić information content (AvgIpc) is 3.20. The molecule has 4 heteroatoms. The van der Waals surface area contributed by atoms with Crippen LogP contribution in [0.25, 0.3) is 0 Å². The first-order valence-electron chi connectivity index (χ1n) is 11.5. The fraction of sp³-hybridized carbons (Fsp3) is 0.917. The minimum atomic E-state index is -0.167. The van der Waals surface area contributed by atoms with Crippen LogP contribution in [0.2, 0.25) is 0 Å². The summed E-state index contributed by atoms with van der Waals surface area (Å²) in [6.07, 6.45) is 8.03. The summed E-state index contributed by atoms with van der Waals surface area (Å²) in [6, 6.07) is 0. The lowest BCUT2D eigenvalue weighted by molar-refractivity contribution is -0.158. The van der Waals surface area contributed by atoms with Crippen molar-refractivity contribution in [1.29, 1.82) is 0 Å². The number of hydrogen-bond acceptors (Lipinski definition) is 4. The zero-order valence-electron chi connectivity index (χ0n) is 18.1. The van der Waals surface area contributed by atoms with Crippen LogP contribution in [-0.2, 0) is 19.1 Å². The number of epoxide rings is 1. The third kappa shape index (κ3) is 2.27. The summed E-state index contributed by atoms with van der Waals surface area (Å²) in [5.74, 6) is 2.99.